The maximum absolute atomic E-state index is 2.54. The van der Waals surface area contributed by atoms with Gasteiger partial charge in [-0.1, -0.05) is 26.8 Å². The number of nitrogens with zero attached hydrogens (tertiary/aromatic N) is 1. The molecular formula is C11H21N. The van der Waals surface area contributed by atoms with Gasteiger partial charge in [0.25, 0.3) is 0 Å². The van der Waals surface area contributed by atoms with Crippen molar-refractivity contribution in [2.75, 3.05) is 13.1 Å². The van der Waals surface area contributed by atoms with Gasteiger partial charge in [-0.2, -0.15) is 0 Å². The van der Waals surface area contributed by atoms with Crippen molar-refractivity contribution in [3.63, 3.8) is 0 Å². The van der Waals surface area contributed by atoms with Gasteiger partial charge in [0, 0.05) is 18.8 Å². The molecule has 1 rings (SSSR count). The molecule has 1 fully saturated rings. The van der Waals surface area contributed by atoms with Crippen LogP contribution < -0.4 is 0 Å². The van der Waals surface area contributed by atoms with Crippen LogP contribution >= 0.6 is 0 Å². The predicted molar refractivity (Wildman–Crippen MR) is 53.9 cm³/mol. The number of hydrogen-bond donors (Lipinski definition) is 0. The monoisotopic (exact) mass is 167 g/mol. The highest BCUT2D eigenvalue weighted by atomic mass is 15.2. The van der Waals surface area contributed by atoms with Crippen molar-refractivity contribution in [3.05, 3.63) is 11.8 Å². The molecule has 70 valence electrons. The topological polar surface area (TPSA) is 3.24 Å². The van der Waals surface area contributed by atoms with E-state index >= 15 is 0 Å². The zero-order chi connectivity index (χ0) is 9.14. The fraction of sp³-hybridized carbons (Fsp3) is 0.818. The van der Waals surface area contributed by atoms with Gasteiger partial charge in [0.1, 0.15) is 0 Å². The lowest BCUT2D eigenvalue weighted by Crippen LogP contribution is -2.22. The summed E-state index contributed by atoms with van der Waals surface area (Å²) in [6.45, 7) is 11.6. The van der Waals surface area contributed by atoms with Gasteiger partial charge in [-0.25, -0.2) is 0 Å². The predicted octanol–water partition coefficient (Wildman–Crippen LogP) is 2.89. The molecular weight excluding hydrogens is 146 g/mol. The molecule has 0 aromatic carbocycles. The minimum Gasteiger partial charge on any atom is -0.375 e. The zero-order valence-electron chi connectivity index (χ0n) is 8.80. The Labute approximate surface area is 76.5 Å². The average Bonchev–Trinajstić information content (AvgIpc) is 2.37. The Morgan fingerprint density at radius 1 is 1.50 bits per heavy atom. The Morgan fingerprint density at radius 2 is 2.17 bits per heavy atom. The molecule has 1 heterocycles. The van der Waals surface area contributed by atoms with Crippen LogP contribution in [0.25, 0.3) is 0 Å². The minimum absolute atomic E-state index is 0.681. The van der Waals surface area contributed by atoms with E-state index in [2.05, 4.69) is 38.7 Å². The SMILES string of the molecule is C/C=C(\C(C)C)N1CCC(C)C1. The molecule has 12 heavy (non-hydrogen) atoms. The van der Waals surface area contributed by atoms with Crippen LogP contribution in [0.3, 0.4) is 0 Å². The van der Waals surface area contributed by atoms with Crippen LogP contribution in [0.15, 0.2) is 11.8 Å². The van der Waals surface area contributed by atoms with Crippen molar-refractivity contribution in [3.8, 4) is 0 Å². The van der Waals surface area contributed by atoms with Gasteiger partial charge in [-0.15, -0.1) is 0 Å². The standard InChI is InChI=1S/C11H21N/c1-5-11(9(2)3)12-7-6-10(4)8-12/h5,9-10H,6-8H2,1-4H3/b11-5+. The fourth-order valence-electron chi connectivity index (χ4n) is 2.05. The van der Waals surface area contributed by atoms with Crippen LogP contribution in [-0.4, -0.2) is 18.0 Å². The van der Waals surface area contributed by atoms with Crippen LogP contribution in [0.2, 0.25) is 0 Å². The normalized spacial score (nSPS) is 25.6. The summed E-state index contributed by atoms with van der Waals surface area (Å²) >= 11 is 0. The number of hydrogen-bond acceptors (Lipinski definition) is 1. The molecule has 0 radical (unpaired) electrons. The van der Waals surface area contributed by atoms with Crippen molar-refractivity contribution in [2.45, 2.75) is 34.1 Å². The molecule has 0 aliphatic carbocycles. The van der Waals surface area contributed by atoms with E-state index in [9.17, 15) is 0 Å². The number of allylic oxidation sites excluding steroid dienone is 2. The molecule has 1 saturated heterocycles. The third kappa shape index (κ3) is 2.02. The Hall–Kier alpha value is -0.460. The van der Waals surface area contributed by atoms with Gasteiger partial charge in [0.2, 0.25) is 0 Å². The van der Waals surface area contributed by atoms with E-state index in [0.717, 1.165) is 5.92 Å². The van der Waals surface area contributed by atoms with Gasteiger partial charge in [0.15, 0.2) is 0 Å². The Balaban J connectivity index is 2.57. The first-order chi connectivity index (χ1) is 5.65. The largest absolute Gasteiger partial charge is 0.375 e. The summed E-state index contributed by atoms with van der Waals surface area (Å²) in [4.78, 5) is 2.54. The summed E-state index contributed by atoms with van der Waals surface area (Å²) in [6.07, 6.45) is 3.63. The van der Waals surface area contributed by atoms with Gasteiger partial charge in [-0.05, 0) is 25.2 Å². The first-order valence-corrected chi connectivity index (χ1v) is 5.06. The first kappa shape index (κ1) is 9.63. The van der Waals surface area contributed by atoms with Crippen LogP contribution in [0.1, 0.15) is 34.1 Å². The maximum atomic E-state index is 2.54. The van der Waals surface area contributed by atoms with E-state index in [1.807, 2.05) is 0 Å². The molecule has 1 heteroatoms. The second-order valence-corrected chi connectivity index (χ2v) is 4.21. The van der Waals surface area contributed by atoms with Crippen molar-refractivity contribution < 1.29 is 0 Å². The van der Waals surface area contributed by atoms with E-state index in [1.165, 1.54) is 25.2 Å². The second-order valence-electron chi connectivity index (χ2n) is 4.21. The van der Waals surface area contributed by atoms with E-state index in [1.54, 1.807) is 0 Å². The maximum Gasteiger partial charge on any atom is 0.0201 e. The van der Waals surface area contributed by atoms with E-state index < -0.39 is 0 Å². The molecule has 1 aliphatic heterocycles. The van der Waals surface area contributed by atoms with E-state index in [4.69, 9.17) is 0 Å². The van der Waals surface area contributed by atoms with Crippen LogP contribution in [-0.2, 0) is 0 Å². The lowest BCUT2D eigenvalue weighted by molar-refractivity contribution is 0.367. The van der Waals surface area contributed by atoms with Crippen LogP contribution in [0, 0.1) is 11.8 Å². The Kier molecular flexibility index (Phi) is 3.19. The molecule has 1 unspecified atom stereocenters. The summed E-state index contributed by atoms with van der Waals surface area (Å²) < 4.78 is 0. The highest BCUT2D eigenvalue weighted by molar-refractivity contribution is 5.04. The van der Waals surface area contributed by atoms with Crippen molar-refractivity contribution >= 4 is 0 Å². The lowest BCUT2D eigenvalue weighted by atomic mass is 10.1. The highest BCUT2D eigenvalue weighted by Gasteiger charge is 2.21. The second kappa shape index (κ2) is 3.97. The molecule has 0 aromatic heterocycles. The van der Waals surface area contributed by atoms with Gasteiger partial charge in [0.05, 0.1) is 0 Å². The van der Waals surface area contributed by atoms with E-state index in [-0.39, 0.29) is 0 Å². The van der Waals surface area contributed by atoms with Gasteiger partial charge < -0.3 is 4.90 Å². The summed E-state index contributed by atoms with van der Waals surface area (Å²) in [5.74, 6) is 1.57. The zero-order valence-corrected chi connectivity index (χ0v) is 8.80. The molecule has 0 saturated carbocycles. The van der Waals surface area contributed by atoms with Crippen molar-refractivity contribution in [2.24, 2.45) is 11.8 Å². The summed E-state index contributed by atoms with van der Waals surface area (Å²) in [5.41, 5.74) is 1.53. The van der Waals surface area contributed by atoms with Crippen LogP contribution in [0.5, 0.6) is 0 Å². The van der Waals surface area contributed by atoms with Crippen LogP contribution in [0.4, 0.5) is 0 Å². The molecule has 0 N–H and O–H groups in total. The average molecular weight is 167 g/mol. The van der Waals surface area contributed by atoms with Crippen molar-refractivity contribution in [1.29, 1.82) is 0 Å². The molecule has 0 spiro atoms. The fourth-order valence-corrected chi connectivity index (χ4v) is 2.05. The summed E-state index contributed by atoms with van der Waals surface area (Å²) in [5, 5.41) is 0. The lowest BCUT2D eigenvalue weighted by Gasteiger charge is -2.24. The molecule has 0 aromatic rings. The number of likely N-dealkylation sites (tertiary alicyclic amines) is 1. The minimum atomic E-state index is 0.681. The quantitative estimate of drug-likeness (QED) is 0.611. The third-order valence-electron chi connectivity index (χ3n) is 2.68. The first-order valence-electron chi connectivity index (χ1n) is 5.06. The van der Waals surface area contributed by atoms with Gasteiger partial charge >= 0.3 is 0 Å². The Bertz CT molecular complexity index is 170. The summed E-state index contributed by atoms with van der Waals surface area (Å²) in [7, 11) is 0. The molecule has 1 aliphatic rings. The molecule has 1 nitrogen and oxygen atoms in total. The smallest absolute Gasteiger partial charge is 0.0201 e. The number of rotatable bonds is 2. The molecule has 0 amide bonds. The summed E-state index contributed by atoms with van der Waals surface area (Å²) in [6, 6.07) is 0. The van der Waals surface area contributed by atoms with Gasteiger partial charge in [-0.3, -0.25) is 0 Å². The molecule has 0 bridgehead atoms. The third-order valence-corrected chi connectivity index (χ3v) is 2.68. The van der Waals surface area contributed by atoms with Crippen molar-refractivity contribution in [1.82, 2.24) is 4.90 Å². The van der Waals surface area contributed by atoms with E-state index in [0.29, 0.717) is 5.92 Å². The highest BCUT2D eigenvalue weighted by Crippen LogP contribution is 2.23. The molecule has 1 atom stereocenters. The Morgan fingerprint density at radius 3 is 2.50 bits per heavy atom.